The summed E-state index contributed by atoms with van der Waals surface area (Å²) in [5.41, 5.74) is 1.37. The number of hydrogen-bond acceptors (Lipinski definition) is 4. The molecule has 1 N–H and O–H groups in total. The molecule has 4 nitrogen and oxygen atoms in total. The van der Waals surface area contributed by atoms with Gasteiger partial charge in [-0.05, 0) is 36.5 Å². The Morgan fingerprint density at radius 2 is 1.80 bits per heavy atom. The van der Waals surface area contributed by atoms with E-state index in [1.54, 1.807) is 14.2 Å². The van der Waals surface area contributed by atoms with E-state index in [2.05, 4.69) is 22.3 Å². The molecule has 0 spiro atoms. The van der Waals surface area contributed by atoms with Crippen molar-refractivity contribution in [3.05, 3.63) is 23.8 Å². The van der Waals surface area contributed by atoms with Gasteiger partial charge in [0.05, 0.1) is 14.2 Å². The summed E-state index contributed by atoms with van der Waals surface area (Å²) in [4.78, 5) is 2.62. The van der Waals surface area contributed by atoms with E-state index in [9.17, 15) is 0 Å². The molecule has 1 aromatic rings. The molecule has 0 aromatic heterocycles. The van der Waals surface area contributed by atoms with Gasteiger partial charge in [0.2, 0.25) is 0 Å². The van der Waals surface area contributed by atoms with E-state index >= 15 is 0 Å². The molecular weight excluding hydrogens is 252 g/mol. The monoisotopic (exact) mass is 276 g/mol. The van der Waals surface area contributed by atoms with Crippen LogP contribution >= 0.6 is 0 Å². The molecule has 2 fully saturated rings. The van der Waals surface area contributed by atoms with Crippen LogP contribution in [0.3, 0.4) is 0 Å². The molecule has 1 heterocycles. The van der Waals surface area contributed by atoms with Gasteiger partial charge in [0.15, 0.2) is 11.5 Å². The molecule has 0 amide bonds. The highest BCUT2D eigenvalue weighted by Crippen LogP contribution is 2.46. The Morgan fingerprint density at radius 3 is 2.40 bits per heavy atom. The van der Waals surface area contributed by atoms with Crippen molar-refractivity contribution < 1.29 is 9.47 Å². The number of nitrogens with zero attached hydrogens (tertiary/aromatic N) is 1. The summed E-state index contributed by atoms with van der Waals surface area (Å²) in [7, 11) is 3.39. The van der Waals surface area contributed by atoms with Crippen LogP contribution in [0.1, 0.15) is 24.4 Å². The molecule has 0 unspecified atom stereocenters. The number of rotatable bonds is 5. The number of ether oxygens (including phenoxy) is 2. The zero-order chi connectivity index (χ0) is 13.9. The van der Waals surface area contributed by atoms with Gasteiger partial charge in [0.25, 0.3) is 0 Å². The molecule has 1 aromatic carbocycles. The van der Waals surface area contributed by atoms with Gasteiger partial charge in [-0.2, -0.15) is 0 Å². The Hall–Kier alpha value is -1.26. The lowest BCUT2D eigenvalue weighted by molar-refractivity contribution is 0.156. The summed E-state index contributed by atoms with van der Waals surface area (Å²) in [6.07, 6.45) is 2.70. The summed E-state index contributed by atoms with van der Waals surface area (Å²) in [6, 6.07) is 6.93. The maximum absolute atomic E-state index is 5.46. The van der Waals surface area contributed by atoms with Crippen molar-refractivity contribution >= 4 is 0 Å². The van der Waals surface area contributed by atoms with Crippen LogP contribution in [0.5, 0.6) is 11.5 Å². The first-order valence-electron chi connectivity index (χ1n) is 7.50. The molecule has 3 rings (SSSR count). The Balaban J connectivity index is 1.86. The van der Waals surface area contributed by atoms with E-state index < -0.39 is 0 Å². The lowest BCUT2D eigenvalue weighted by atomic mass is 9.99. The summed E-state index contributed by atoms with van der Waals surface area (Å²) in [6.45, 7) is 4.46. The van der Waals surface area contributed by atoms with Gasteiger partial charge >= 0.3 is 0 Å². The van der Waals surface area contributed by atoms with E-state index in [-0.39, 0.29) is 0 Å². The second-order valence-corrected chi connectivity index (χ2v) is 5.68. The lowest BCUT2D eigenvalue weighted by Gasteiger charge is -2.35. The van der Waals surface area contributed by atoms with Gasteiger partial charge in [0, 0.05) is 32.2 Å². The fourth-order valence-corrected chi connectivity index (χ4v) is 3.19. The zero-order valence-corrected chi connectivity index (χ0v) is 12.4. The van der Waals surface area contributed by atoms with Crippen LogP contribution in [-0.4, -0.2) is 45.3 Å². The number of benzene rings is 1. The molecule has 0 bridgehead atoms. The molecule has 1 saturated carbocycles. The number of piperazine rings is 1. The SMILES string of the molecule is COc1ccc([C@@H](C2CC2)N2CCNCC2)cc1OC. The van der Waals surface area contributed by atoms with E-state index in [1.807, 2.05) is 6.07 Å². The van der Waals surface area contributed by atoms with Gasteiger partial charge in [-0.3, -0.25) is 4.90 Å². The van der Waals surface area contributed by atoms with Gasteiger partial charge in [-0.1, -0.05) is 6.07 Å². The summed E-state index contributed by atoms with van der Waals surface area (Å²) in [5, 5.41) is 3.43. The molecule has 0 radical (unpaired) electrons. The summed E-state index contributed by atoms with van der Waals surface area (Å²) in [5.74, 6) is 2.46. The van der Waals surface area contributed by atoms with Crippen molar-refractivity contribution in [2.24, 2.45) is 5.92 Å². The first-order chi connectivity index (χ1) is 9.83. The number of methoxy groups -OCH3 is 2. The average molecular weight is 276 g/mol. The minimum Gasteiger partial charge on any atom is -0.493 e. The van der Waals surface area contributed by atoms with Crippen LogP contribution in [0, 0.1) is 5.92 Å². The summed E-state index contributed by atoms with van der Waals surface area (Å²) < 4.78 is 10.8. The highest BCUT2D eigenvalue weighted by molar-refractivity contribution is 5.44. The van der Waals surface area contributed by atoms with Gasteiger partial charge in [0.1, 0.15) is 0 Å². The highest BCUT2D eigenvalue weighted by Gasteiger charge is 2.37. The topological polar surface area (TPSA) is 33.7 Å². The van der Waals surface area contributed by atoms with Crippen LogP contribution < -0.4 is 14.8 Å². The van der Waals surface area contributed by atoms with E-state index in [0.29, 0.717) is 6.04 Å². The largest absolute Gasteiger partial charge is 0.493 e. The van der Waals surface area contributed by atoms with E-state index in [0.717, 1.165) is 43.6 Å². The van der Waals surface area contributed by atoms with Crippen LogP contribution in [0.2, 0.25) is 0 Å². The molecule has 2 aliphatic rings. The molecule has 1 saturated heterocycles. The predicted octanol–water partition coefficient (Wildman–Crippen LogP) is 2.06. The third-order valence-corrected chi connectivity index (χ3v) is 4.36. The van der Waals surface area contributed by atoms with Crippen LogP contribution in [0.4, 0.5) is 0 Å². The van der Waals surface area contributed by atoms with Crippen LogP contribution in [0.25, 0.3) is 0 Å². The third kappa shape index (κ3) is 2.76. The van der Waals surface area contributed by atoms with Crippen molar-refractivity contribution in [2.45, 2.75) is 18.9 Å². The molecular formula is C16H24N2O2. The molecule has 20 heavy (non-hydrogen) atoms. The van der Waals surface area contributed by atoms with E-state index in [4.69, 9.17) is 9.47 Å². The molecule has 110 valence electrons. The minimum absolute atomic E-state index is 0.539. The standard InChI is InChI=1S/C16H24N2O2/c1-19-14-6-5-13(11-15(14)20-2)16(12-3-4-12)18-9-7-17-8-10-18/h5-6,11-12,16-17H,3-4,7-10H2,1-2H3/t16-/m1/s1. The predicted molar refractivity (Wildman–Crippen MR) is 79.5 cm³/mol. The quantitative estimate of drug-likeness (QED) is 0.892. The molecule has 4 heteroatoms. The maximum Gasteiger partial charge on any atom is 0.161 e. The van der Waals surface area contributed by atoms with Crippen LogP contribution in [-0.2, 0) is 0 Å². The number of hydrogen-bond donors (Lipinski definition) is 1. The van der Waals surface area contributed by atoms with Gasteiger partial charge < -0.3 is 14.8 Å². The minimum atomic E-state index is 0.539. The fraction of sp³-hybridized carbons (Fsp3) is 0.625. The lowest BCUT2D eigenvalue weighted by Crippen LogP contribution is -2.45. The van der Waals surface area contributed by atoms with Crippen molar-refractivity contribution in [3.63, 3.8) is 0 Å². The molecule has 1 aliphatic carbocycles. The first kappa shape index (κ1) is 13.7. The fourth-order valence-electron chi connectivity index (χ4n) is 3.19. The van der Waals surface area contributed by atoms with Crippen molar-refractivity contribution in [1.29, 1.82) is 0 Å². The normalized spacial score (nSPS) is 21.5. The van der Waals surface area contributed by atoms with Crippen molar-refractivity contribution in [1.82, 2.24) is 10.2 Å². The van der Waals surface area contributed by atoms with Crippen molar-refractivity contribution in [3.8, 4) is 11.5 Å². The zero-order valence-electron chi connectivity index (χ0n) is 12.4. The average Bonchev–Trinajstić information content (AvgIpc) is 3.33. The second-order valence-electron chi connectivity index (χ2n) is 5.68. The number of nitrogens with one attached hydrogen (secondary N) is 1. The second kappa shape index (κ2) is 6.02. The van der Waals surface area contributed by atoms with E-state index in [1.165, 1.54) is 18.4 Å². The smallest absolute Gasteiger partial charge is 0.161 e. The molecule has 1 aliphatic heterocycles. The Kier molecular flexibility index (Phi) is 4.13. The molecule has 1 atom stereocenters. The van der Waals surface area contributed by atoms with Crippen molar-refractivity contribution in [2.75, 3.05) is 40.4 Å². The highest BCUT2D eigenvalue weighted by atomic mass is 16.5. The summed E-state index contributed by atoms with van der Waals surface area (Å²) >= 11 is 0. The first-order valence-corrected chi connectivity index (χ1v) is 7.50. The van der Waals surface area contributed by atoms with Gasteiger partial charge in [-0.15, -0.1) is 0 Å². The Labute approximate surface area is 121 Å². The Bertz CT molecular complexity index is 454. The third-order valence-electron chi connectivity index (χ3n) is 4.36. The van der Waals surface area contributed by atoms with Crippen LogP contribution in [0.15, 0.2) is 18.2 Å². The van der Waals surface area contributed by atoms with Gasteiger partial charge in [-0.25, -0.2) is 0 Å². The maximum atomic E-state index is 5.46. The Morgan fingerprint density at radius 1 is 1.10 bits per heavy atom.